The van der Waals surface area contributed by atoms with Gasteiger partial charge in [-0.25, -0.2) is 9.97 Å². The normalized spacial score (nSPS) is 11.6. The third kappa shape index (κ3) is 4.96. The number of anilines is 1. The van der Waals surface area contributed by atoms with Gasteiger partial charge in [0.25, 0.3) is 0 Å². The van der Waals surface area contributed by atoms with Crippen molar-refractivity contribution in [3.05, 3.63) is 47.4 Å². The van der Waals surface area contributed by atoms with E-state index in [1.807, 2.05) is 44.2 Å². The summed E-state index contributed by atoms with van der Waals surface area (Å²) in [5, 5.41) is 12.3. The van der Waals surface area contributed by atoms with E-state index >= 15 is 0 Å². The molecule has 23 heavy (non-hydrogen) atoms. The molecule has 0 aliphatic rings. The number of nitriles is 1. The van der Waals surface area contributed by atoms with E-state index in [4.69, 9.17) is 10.00 Å². The quantitative estimate of drug-likeness (QED) is 0.845. The molecule has 1 heterocycles. The molecule has 5 nitrogen and oxygen atoms in total. The monoisotopic (exact) mass is 310 g/mol. The van der Waals surface area contributed by atoms with Crippen molar-refractivity contribution < 1.29 is 4.74 Å². The molecule has 1 aromatic carbocycles. The maximum atomic E-state index is 8.98. The van der Waals surface area contributed by atoms with Gasteiger partial charge in [0.1, 0.15) is 23.5 Å². The van der Waals surface area contributed by atoms with Crippen molar-refractivity contribution in [1.82, 2.24) is 9.97 Å². The Morgan fingerprint density at radius 1 is 1.26 bits per heavy atom. The first-order valence-corrected chi connectivity index (χ1v) is 7.88. The van der Waals surface area contributed by atoms with Crippen LogP contribution < -0.4 is 10.1 Å². The van der Waals surface area contributed by atoms with E-state index in [0.29, 0.717) is 18.7 Å². The molecule has 5 heteroatoms. The van der Waals surface area contributed by atoms with E-state index in [1.54, 1.807) is 0 Å². The van der Waals surface area contributed by atoms with Gasteiger partial charge in [0.05, 0.1) is 0 Å². The van der Waals surface area contributed by atoms with Gasteiger partial charge in [-0.2, -0.15) is 5.26 Å². The molecule has 1 atom stereocenters. The number of aryl methyl sites for hydroxylation is 2. The van der Waals surface area contributed by atoms with Crippen molar-refractivity contribution >= 4 is 5.82 Å². The lowest BCUT2D eigenvalue weighted by molar-refractivity contribution is 0.251. The smallest absolute Gasteiger partial charge is 0.184 e. The third-order valence-electron chi connectivity index (χ3n) is 3.42. The molecule has 0 aliphatic carbocycles. The Hall–Kier alpha value is -2.61. The zero-order valence-electron chi connectivity index (χ0n) is 13.8. The number of hydrogen-bond donors (Lipinski definition) is 1. The molecule has 2 aromatic rings. The van der Waals surface area contributed by atoms with Gasteiger partial charge < -0.3 is 10.1 Å². The zero-order chi connectivity index (χ0) is 16.7. The molecule has 0 spiro atoms. The van der Waals surface area contributed by atoms with Gasteiger partial charge in [-0.3, -0.25) is 0 Å². The molecule has 0 aliphatic heterocycles. The fourth-order valence-corrected chi connectivity index (χ4v) is 2.19. The van der Waals surface area contributed by atoms with Gasteiger partial charge in [0.2, 0.25) is 0 Å². The molecule has 1 N–H and O–H groups in total. The van der Waals surface area contributed by atoms with Crippen molar-refractivity contribution in [3.63, 3.8) is 0 Å². The SMILES string of the molecule is CCc1cc(NCc2cccc(OC(C#N)CC)c2)nc(C)n1. The molecule has 2 rings (SSSR count). The largest absolute Gasteiger partial charge is 0.476 e. The van der Waals surface area contributed by atoms with Crippen molar-refractivity contribution in [3.8, 4) is 11.8 Å². The van der Waals surface area contributed by atoms with E-state index in [9.17, 15) is 0 Å². The molecule has 0 bridgehead atoms. The number of aromatic nitrogens is 2. The van der Waals surface area contributed by atoms with Gasteiger partial charge in [0.15, 0.2) is 6.10 Å². The zero-order valence-corrected chi connectivity index (χ0v) is 13.8. The minimum atomic E-state index is -0.408. The van der Waals surface area contributed by atoms with Gasteiger partial charge in [0, 0.05) is 18.3 Å². The summed E-state index contributed by atoms with van der Waals surface area (Å²) < 4.78 is 5.65. The fourth-order valence-electron chi connectivity index (χ4n) is 2.19. The Kier molecular flexibility index (Phi) is 5.93. The highest BCUT2D eigenvalue weighted by atomic mass is 16.5. The average Bonchev–Trinajstić information content (AvgIpc) is 2.57. The lowest BCUT2D eigenvalue weighted by atomic mass is 10.2. The number of nitrogens with one attached hydrogen (secondary N) is 1. The van der Waals surface area contributed by atoms with Gasteiger partial charge >= 0.3 is 0 Å². The molecular formula is C18H22N4O. The third-order valence-corrected chi connectivity index (χ3v) is 3.42. The molecule has 120 valence electrons. The van der Waals surface area contributed by atoms with Crippen LogP contribution >= 0.6 is 0 Å². The Bertz CT molecular complexity index is 694. The van der Waals surface area contributed by atoms with Crippen molar-refractivity contribution in [1.29, 1.82) is 5.26 Å². The summed E-state index contributed by atoms with van der Waals surface area (Å²) in [6, 6.07) is 11.9. The molecule has 0 fully saturated rings. The van der Waals surface area contributed by atoms with Crippen LogP contribution in [0.3, 0.4) is 0 Å². The molecule has 0 radical (unpaired) electrons. The van der Waals surface area contributed by atoms with E-state index in [2.05, 4.69) is 28.3 Å². The second-order valence-corrected chi connectivity index (χ2v) is 5.29. The van der Waals surface area contributed by atoms with Gasteiger partial charge in [-0.15, -0.1) is 0 Å². The Morgan fingerprint density at radius 2 is 2.09 bits per heavy atom. The summed E-state index contributed by atoms with van der Waals surface area (Å²) in [4.78, 5) is 8.77. The van der Waals surface area contributed by atoms with Crippen LogP contribution in [-0.2, 0) is 13.0 Å². The number of nitrogens with zero attached hydrogens (tertiary/aromatic N) is 3. The number of benzene rings is 1. The van der Waals surface area contributed by atoms with E-state index in [0.717, 1.165) is 29.3 Å². The van der Waals surface area contributed by atoms with Crippen LogP contribution in [0, 0.1) is 18.3 Å². The first-order chi connectivity index (χ1) is 11.1. The fraction of sp³-hybridized carbons (Fsp3) is 0.389. The summed E-state index contributed by atoms with van der Waals surface area (Å²) >= 11 is 0. The molecule has 1 unspecified atom stereocenters. The minimum Gasteiger partial charge on any atom is -0.476 e. The summed E-state index contributed by atoms with van der Waals surface area (Å²) in [6.45, 7) is 6.54. The van der Waals surface area contributed by atoms with Crippen molar-refractivity contribution in [2.75, 3.05) is 5.32 Å². The number of hydrogen-bond acceptors (Lipinski definition) is 5. The maximum Gasteiger partial charge on any atom is 0.184 e. The maximum absolute atomic E-state index is 8.98. The Labute approximate surface area is 137 Å². The van der Waals surface area contributed by atoms with Crippen LogP contribution in [0.2, 0.25) is 0 Å². The first kappa shape index (κ1) is 16.8. The molecule has 0 saturated heterocycles. The van der Waals surface area contributed by atoms with Crippen LogP contribution in [0.15, 0.2) is 30.3 Å². The predicted octanol–water partition coefficient (Wildman–Crippen LogP) is 3.64. The highest BCUT2D eigenvalue weighted by molar-refractivity contribution is 5.38. The first-order valence-electron chi connectivity index (χ1n) is 7.88. The highest BCUT2D eigenvalue weighted by Crippen LogP contribution is 2.17. The van der Waals surface area contributed by atoms with Crippen LogP contribution in [0.4, 0.5) is 5.82 Å². The standard InChI is InChI=1S/C18H22N4O/c1-4-15-10-18(22-13(3)21-15)20-12-14-7-6-8-17(9-14)23-16(5-2)11-19/h6-10,16H,4-5,12H2,1-3H3,(H,20,21,22). The number of rotatable bonds is 7. The molecule has 1 aromatic heterocycles. The molecule has 0 saturated carbocycles. The average molecular weight is 310 g/mol. The van der Waals surface area contributed by atoms with Crippen LogP contribution in [0.25, 0.3) is 0 Å². The topological polar surface area (TPSA) is 70.8 Å². The lowest BCUT2D eigenvalue weighted by Crippen LogP contribution is -2.12. The van der Waals surface area contributed by atoms with E-state index in [1.165, 1.54) is 0 Å². The predicted molar refractivity (Wildman–Crippen MR) is 90.2 cm³/mol. The Morgan fingerprint density at radius 3 is 2.78 bits per heavy atom. The van der Waals surface area contributed by atoms with E-state index in [-0.39, 0.29) is 0 Å². The van der Waals surface area contributed by atoms with Gasteiger partial charge in [-0.05, 0) is 37.5 Å². The summed E-state index contributed by atoms with van der Waals surface area (Å²) in [7, 11) is 0. The lowest BCUT2D eigenvalue weighted by Gasteiger charge is -2.12. The molecule has 0 amide bonds. The summed E-state index contributed by atoms with van der Waals surface area (Å²) in [5.74, 6) is 2.30. The molecular weight excluding hydrogens is 288 g/mol. The van der Waals surface area contributed by atoms with E-state index < -0.39 is 6.10 Å². The Balaban J connectivity index is 2.04. The summed E-state index contributed by atoms with van der Waals surface area (Å²) in [6.07, 6.45) is 1.14. The van der Waals surface area contributed by atoms with Gasteiger partial charge in [-0.1, -0.05) is 26.0 Å². The van der Waals surface area contributed by atoms with Crippen molar-refractivity contribution in [2.45, 2.75) is 46.3 Å². The highest BCUT2D eigenvalue weighted by Gasteiger charge is 2.06. The van der Waals surface area contributed by atoms with Crippen LogP contribution in [0.1, 0.15) is 37.4 Å². The van der Waals surface area contributed by atoms with Crippen LogP contribution in [0.5, 0.6) is 5.75 Å². The minimum absolute atomic E-state index is 0.408. The number of ether oxygens (including phenoxy) is 1. The second-order valence-electron chi connectivity index (χ2n) is 5.29. The summed E-state index contributed by atoms with van der Waals surface area (Å²) in [5.41, 5.74) is 2.10. The second kappa shape index (κ2) is 8.14. The van der Waals surface area contributed by atoms with Crippen molar-refractivity contribution in [2.24, 2.45) is 0 Å². The van der Waals surface area contributed by atoms with Crippen LogP contribution in [-0.4, -0.2) is 16.1 Å².